The highest BCUT2D eigenvalue weighted by atomic mass is 79.9. The maximum absolute atomic E-state index is 12.6. The van der Waals surface area contributed by atoms with Crippen LogP contribution in [0.1, 0.15) is 17.3 Å². The molecule has 110 valence electrons. The van der Waals surface area contributed by atoms with Crippen LogP contribution < -0.4 is 11.2 Å². The molecule has 0 fully saturated rings. The normalized spacial score (nSPS) is 18.4. The Morgan fingerprint density at radius 1 is 1.67 bits per heavy atom. The van der Waals surface area contributed by atoms with E-state index < -0.39 is 0 Å². The van der Waals surface area contributed by atoms with E-state index in [-0.39, 0.29) is 29.3 Å². The van der Waals surface area contributed by atoms with Crippen LogP contribution >= 0.6 is 15.9 Å². The van der Waals surface area contributed by atoms with E-state index in [4.69, 9.17) is 15.9 Å². The Morgan fingerprint density at radius 3 is 2.90 bits per heavy atom. The number of nitrogens with zero attached hydrogens (tertiary/aromatic N) is 1. The van der Waals surface area contributed by atoms with Crippen LogP contribution in [0.4, 0.5) is 0 Å². The Bertz CT molecular complexity index is 625. The van der Waals surface area contributed by atoms with Crippen LogP contribution in [0.5, 0.6) is 5.75 Å². The molecule has 0 bridgehead atoms. The molecule has 1 atom stereocenters. The summed E-state index contributed by atoms with van der Waals surface area (Å²) < 4.78 is 5.85. The molecule has 6 nitrogen and oxygen atoms in total. The number of phenols is 1. The van der Waals surface area contributed by atoms with Gasteiger partial charge in [-0.1, -0.05) is 6.07 Å². The SMILES string of the molecule is Bc1cc(C(=O)N2C[C@H](C)OC(C=N)=C2N)cc(Br)c1O. The van der Waals surface area contributed by atoms with Crippen LogP contribution in [-0.4, -0.2) is 42.6 Å². The number of nitrogens with two attached hydrogens (primary N) is 1. The van der Waals surface area contributed by atoms with Crippen LogP contribution in [0.2, 0.25) is 0 Å². The zero-order chi connectivity index (χ0) is 15.7. The number of aromatic hydroxyl groups is 1. The van der Waals surface area contributed by atoms with Gasteiger partial charge in [0.05, 0.1) is 17.2 Å². The molecule has 0 unspecified atom stereocenters. The minimum absolute atomic E-state index is 0.102. The number of rotatable bonds is 2. The van der Waals surface area contributed by atoms with Crippen LogP contribution in [-0.2, 0) is 4.74 Å². The van der Waals surface area contributed by atoms with E-state index in [9.17, 15) is 9.90 Å². The molecule has 1 aliphatic rings. The summed E-state index contributed by atoms with van der Waals surface area (Å²) in [6.45, 7) is 2.10. The molecule has 8 heteroatoms. The fraction of sp³-hybridized carbons (Fsp3) is 0.231. The first-order chi connectivity index (χ1) is 9.85. The number of hydrogen-bond acceptors (Lipinski definition) is 5. The van der Waals surface area contributed by atoms with E-state index >= 15 is 0 Å². The van der Waals surface area contributed by atoms with Gasteiger partial charge < -0.3 is 21.0 Å². The van der Waals surface area contributed by atoms with Crippen molar-refractivity contribution in [3.63, 3.8) is 0 Å². The lowest BCUT2D eigenvalue weighted by atomic mass is 9.93. The number of benzene rings is 1. The van der Waals surface area contributed by atoms with E-state index in [0.717, 1.165) is 6.21 Å². The van der Waals surface area contributed by atoms with Gasteiger partial charge in [0.2, 0.25) is 0 Å². The Kier molecular flexibility index (Phi) is 4.27. The van der Waals surface area contributed by atoms with Crippen molar-refractivity contribution in [2.45, 2.75) is 13.0 Å². The minimum atomic E-state index is -0.300. The highest BCUT2D eigenvalue weighted by Crippen LogP contribution is 2.24. The predicted molar refractivity (Wildman–Crippen MR) is 85.6 cm³/mol. The molecule has 1 heterocycles. The van der Waals surface area contributed by atoms with E-state index in [1.165, 1.54) is 4.90 Å². The van der Waals surface area contributed by atoms with Gasteiger partial charge in [-0.3, -0.25) is 9.69 Å². The third-order valence-electron chi connectivity index (χ3n) is 3.19. The molecule has 0 radical (unpaired) electrons. The third-order valence-corrected chi connectivity index (χ3v) is 3.79. The van der Waals surface area contributed by atoms with E-state index in [2.05, 4.69) is 15.9 Å². The summed E-state index contributed by atoms with van der Waals surface area (Å²) in [6, 6.07) is 3.14. The maximum Gasteiger partial charge on any atom is 0.259 e. The summed E-state index contributed by atoms with van der Waals surface area (Å²) in [6.07, 6.45) is 0.739. The minimum Gasteiger partial charge on any atom is -0.507 e. The van der Waals surface area contributed by atoms with Gasteiger partial charge in [-0.2, -0.15) is 0 Å². The summed E-state index contributed by atoms with van der Waals surface area (Å²) in [5, 5.41) is 17.0. The first kappa shape index (κ1) is 15.4. The summed E-state index contributed by atoms with van der Waals surface area (Å²) >= 11 is 3.22. The molecule has 0 saturated carbocycles. The van der Waals surface area contributed by atoms with Crippen molar-refractivity contribution in [1.82, 2.24) is 4.90 Å². The highest BCUT2D eigenvalue weighted by Gasteiger charge is 2.29. The van der Waals surface area contributed by atoms with Crippen molar-refractivity contribution >= 4 is 41.4 Å². The molecule has 0 spiro atoms. The van der Waals surface area contributed by atoms with Crippen LogP contribution in [0.25, 0.3) is 0 Å². The van der Waals surface area contributed by atoms with Gasteiger partial charge in [0.15, 0.2) is 11.6 Å². The molecule has 1 aromatic rings. The zero-order valence-corrected chi connectivity index (χ0v) is 13.3. The fourth-order valence-corrected chi connectivity index (χ4v) is 2.68. The highest BCUT2D eigenvalue weighted by molar-refractivity contribution is 9.10. The Balaban J connectivity index is 2.42. The lowest BCUT2D eigenvalue weighted by Gasteiger charge is -2.32. The number of carbonyl (C=O) groups excluding carboxylic acids is 1. The van der Waals surface area contributed by atoms with Crippen molar-refractivity contribution in [3.05, 3.63) is 33.7 Å². The summed E-state index contributed by atoms with van der Waals surface area (Å²) in [5.74, 6) is 0.100. The van der Waals surface area contributed by atoms with E-state index in [0.29, 0.717) is 22.0 Å². The van der Waals surface area contributed by atoms with Crippen LogP contribution in [0, 0.1) is 5.41 Å². The number of ether oxygens (including phenoxy) is 1. The number of halogens is 1. The van der Waals surface area contributed by atoms with Gasteiger partial charge in [0.25, 0.3) is 5.91 Å². The molecule has 4 N–H and O–H groups in total. The number of carbonyl (C=O) groups is 1. The van der Waals surface area contributed by atoms with E-state index in [1.807, 2.05) is 0 Å². The van der Waals surface area contributed by atoms with Crippen molar-refractivity contribution in [3.8, 4) is 5.75 Å². The lowest BCUT2D eigenvalue weighted by Crippen LogP contribution is -2.44. The molecule has 0 aromatic heterocycles. The van der Waals surface area contributed by atoms with Crippen molar-refractivity contribution < 1.29 is 14.6 Å². The summed E-state index contributed by atoms with van der Waals surface area (Å²) in [4.78, 5) is 14.0. The first-order valence-corrected chi connectivity index (χ1v) is 7.12. The zero-order valence-electron chi connectivity index (χ0n) is 11.7. The standard InChI is InChI=1S/C13H15BBrN3O3/c1-6-5-18(12(17)10(4-16)21-6)13(20)7-2-8(14)11(19)9(15)3-7/h2-4,6,16,19H,5,14,17H2,1H3/t6-/m0/s1. The van der Waals surface area contributed by atoms with Crippen LogP contribution in [0.15, 0.2) is 28.2 Å². The van der Waals surface area contributed by atoms with Crippen molar-refractivity contribution in [2.75, 3.05) is 6.54 Å². The second-order valence-electron chi connectivity index (χ2n) is 4.86. The maximum atomic E-state index is 12.6. The van der Waals surface area contributed by atoms with Gasteiger partial charge in [0, 0.05) is 5.56 Å². The molecule has 0 aliphatic carbocycles. The molecule has 2 rings (SSSR count). The number of phenolic OH excluding ortho intramolecular Hbond substituents is 1. The van der Waals surface area contributed by atoms with Crippen LogP contribution in [0.3, 0.4) is 0 Å². The molecular weight excluding hydrogens is 337 g/mol. The van der Waals surface area contributed by atoms with Crippen molar-refractivity contribution in [2.24, 2.45) is 5.73 Å². The van der Waals surface area contributed by atoms with Crippen molar-refractivity contribution in [1.29, 1.82) is 5.41 Å². The molecule has 0 saturated heterocycles. The monoisotopic (exact) mass is 351 g/mol. The van der Waals surface area contributed by atoms with Gasteiger partial charge >= 0.3 is 0 Å². The molecule has 1 aliphatic heterocycles. The number of allylic oxidation sites excluding steroid dienone is 1. The Morgan fingerprint density at radius 2 is 2.33 bits per heavy atom. The predicted octanol–water partition coefficient (Wildman–Crippen LogP) is 0.0514. The molecule has 1 aromatic carbocycles. The van der Waals surface area contributed by atoms with Gasteiger partial charge in [-0.25, -0.2) is 0 Å². The number of nitrogens with one attached hydrogen (secondary N) is 1. The second-order valence-corrected chi connectivity index (χ2v) is 5.72. The van der Waals surface area contributed by atoms with Gasteiger partial charge in [-0.05, 0) is 34.4 Å². The first-order valence-electron chi connectivity index (χ1n) is 6.33. The molecular formula is C13H15BBrN3O3. The average molecular weight is 352 g/mol. The average Bonchev–Trinajstić information content (AvgIpc) is 2.45. The quantitative estimate of drug-likeness (QED) is 0.518. The smallest absolute Gasteiger partial charge is 0.259 e. The van der Waals surface area contributed by atoms with Gasteiger partial charge in [-0.15, -0.1) is 0 Å². The van der Waals surface area contributed by atoms with E-state index in [1.54, 1.807) is 26.9 Å². The summed E-state index contributed by atoms with van der Waals surface area (Å²) in [7, 11) is 1.71. The third kappa shape index (κ3) is 2.90. The lowest BCUT2D eigenvalue weighted by molar-refractivity contribution is 0.0519. The Labute approximate surface area is 131 Å². The molecule has 21 heavy (non-hydrogen) atoms. The van der Waals surface area contributed by atoms with Gasteiger partial charge in [0.1, 0.15) is 19.7 Å². The number of hydrogen-bond donors (Lipinski definition) is 3. The largest absolute Gasteiger partial charge is 0.507 e. The molecule has 1 amide bonds. The summed E-state index contributed by atoms with van der Waals surface area (Å²) in [5.41, 5.74) is 6.88. The Hall–Kier alpha value is -1.96. The fourth-order valence-electron chi connectivity index (χ4n) is 2.12. The second kappa shape index (κ2) is 5.81. The number of amides is 1. The topological polar surface area (TPSA) is 99.6 Å².